The first-order valence-corrected chi connectivity index (χ1v) is 14.0. The van der Waals surface area contributed by atoms with E-state index >= 15 is 0 Å². The van der Waals surface area contributed by atoms with Crippen LogP contribution in [0.1, 0.15) is 49.9 Å². The first-order chi connectivity index (χ1) is 17.9. The maximum absolute atomic E-state index is 11.2. The fourth-order valence-electron chi connectivity index (χ4n) is 3.97. The zero-order chi connectivity index (χ0) is 27.5. The molecule has 3 aliphatic rings. The molecule has 0 bridgehead atoms. The number of carboxylic acids is 1. The number of nitrogens with one attached hydrogen (secondary N) is 1. The highest BCUT2D eigenvalue weighted by atomic mass is 32.2. The Balaban J connectivity index is 0.000000354. The van der Waals surface area contributed by atoms with Gasteiger partial charge in [0.2, 0.25) is 5.91 Å². The molecule has 8 nitrogen and oxygen atoms in total. The van der Waals surface area contributed by atoms with Crippen molar-refractivity contribution < 1.29 is 24.2 Å². The monoisotopic (exact) mass is 533 g/mol. The van der Waals surface area contributed by atoms with Crippen LogP contribution in [0, 0.1) is 0 Å². The summed E-state index contributed by atoms with van der Waals surface area (Å²) in [6.45, 7) is 7.89. The molecule has 2 fully saturated rings. The molecule has 2 aliphatic heterocycles. The molecule has 0 saturated carbocycles. The normalized spacial score (nSPS) is 18.5. The molecule has 37 heavy (non-hydrogen) atoms. The van der Waals surface area contributed by atoms with E-state index in [4.69, 9.17) is 14.6 Å². The lowest BCUT2D eigenvalue weighted by Gasteiger charge is -2.43. The van der Waals surface area contributed by atoms with Gasteiger partial charge in [-0.1, -0.05) is 38.1 Å². The highest BCUT2D eigenvalue weighted by Gasteiger charge is 2.38. The topological polar surface area (TPSA) is 100 Å². The van der Waals surface area contributed by atoms with Crippen molar-refractivity contribution in [3.05, 3.63) is 59.4 Å². The second-order valence-electron chi connectivity index (χ2n) is 8.43. The summed E-state index contributed by atoms with van der Waals surface area (Å²) in [6.07, 6.45) is 10.5. The van der Waals surface area contributed by atoms with E-state index in [-0.39, 0.29) is 18.1 Å². The Morgan fingerprint density at radius 3 is 2.41 bits per heavy atom. The molecule has 2 saturated heterocycles. The Morgan fingerprint density at radius 1 is 1.27 bits per heavy atom. The number of methoxy groups -OCH3 is 1. The van der Waals surface area contributed by atoms with Crippen LogP contribution in [0.4, 0.5) is 0 Å². The Kier molecular flexibility index (Phi) is 16.3. The number of thioether (sulfide) groups is 1. The standard InChI is InChI=1S/C16H24N2O3.C7H6O2.C3H7NS.C2H6/c1-20-14-4-2-3-13(9-14)10-18-7-5-16(6-8-18)12-17-15(19)11-21-16;8-7(9)6-4-2-1-3-5-6;1-4-3-5-2;1-2/h3,9H,2,4-8,10-12H2,1H3,(H,17,19);1-5H,(H,8,9);3H,1-2H3;1-2H3. The molecule has 4 rings (SSSR count). The number of nitrogens with zero attached hydrogens (tertiary/aromatic N) is 2. The molecule has 9 heteroatoms. The van der Waals surface area contributed by atoms with E-state index in [1.54, 1.807) is 61.8 Å². The van der Waals surface area contributed by atoms with Crippen molar-refractivity contribution in [2.75, 3.05) is 53.2 Å². The summed E-state index contributed by atoms with van der Waals surface area (Å²) < 4.78 is 11.2. The van der Waals surface area contributed by atoms with Gasteiger partial charge in [-0.05, 0) is 49.3 Å². The van der Waals surface area contributed by atoms with E-state index in [1.807, 2.05) is 20.1 Å². The average molecular weight is 534 g/mol. The van der Waals surface area contributed by atoms with Crippen molar-refractivity contribution in [2.45, 2.75) is 45.1 Å². The molecule has 1 aliphatic carbocycles. The first-order valence-electron chi connectivity index (χ1n) is 12.7. The van der Waals surface area contributed by atoms with Gasteiger partial charge in [-0.15, -0.1) is 11.8 Å². The second-order valence-corrected chi connectivity index (χ2v) is 9.11. The maximum Gasteiger partial charge on any atom is 0.335 e. The number of rotatable bonds is 5. The van der Waals surface area contributed by atoms with Crippen LogP contribution in [0.2, 0.25) is 0 Å². The van der Waals surface area contributed by atoms with Crippen molar-refractivity contribution in [1.82, 2.24) is 10.2 Å². The molecule has 1 amide bonds. The number of amides is 1. The molecule has 1 aromatic rings. The number of carboxylic acid groups (broad SMARTS) is 1. The largest absolute Gasteiger partial charge is 0.501 e. The van der Waals surface area contributed by atoms with E-state index in [9.17, 15) is 9.59 Å². The minimum atomic E-state index is -0.879. The van der Waals surface area contributed by atoms with E-state index in [2.05, 4.69) is 27.4 Å². The van der Waals surface area contributed by atoms with Crippen molar-refractivity contribution in [3.8, 4) is 0 Å². The number of carbonyl (C=O) groups excluding carboxylic acids is 1. The smallest absolute Gasteiger partial charge is 0.335 e. The third-order valence-electron chi connectivity index (χ3n) is 5.93. The molecular weight excluding hydrogens is 490 g/mol. The van der Waals surface area contributed by atoms with E-state index in [1.165, 1.54) is 5.57 Å². The molecule has 0 aromatic heterocycles. The van der Waals surface area contributed by atoms with Gasteiger partial charge in [0.1, 0.15) is 6.61 Å². The summed E-state index contributed by atoms with van der Waals surface area (Å²) in [4.78, 5) is 27.6. The van der Waals surface area contributed by atoms with Crippen molar-refractivity contribution in [3.63, 3.8) is 0 Å². The van der Waals surface area contributed by atoms with Crippen molar-refractivity contribution >= 4 is 29.2 Å². The van der Waals surface area contributed by atoms with Crippen LogP contribution in [-0.2, 0) is 14.3 Å². The Bertz CT molecular complexity index is 882. The Labute approximate surface area is 226 Å². The molecule has 1 aromatic carbocycles. The number of benzene rings is 1. The van der Waals surface area contributed by atoms with Gasteiger partial charge in [-0.2, -0.15) is 0 Å². The molecule has 0 atom stereocenters. The number of aliphatic imine (C=N–C) groups is 1. The van der Waals surface area contributed by atoms with Crippen LogP contribution >= 0.6 is 11.8 Å². The van der Waals surface area contributed by atoms with Crippen LogP contribution in [0.5, 0.6) is 0 Å². The number of allylic oxidation sites excluding steroid dienone is 2. The molecule has 0 radical (unpaired) electrons. The number of hydrogen-bond donors (Lipinski definition) is 2. The number of piperidine rings is 1. The van der Waals surface area contributed by atoms with Crippen LogP contribution < -0.4 is 5.32 Å². The van der Waals surface area contributed by atoms with Gasteiger partial charge in [0.25, 0.3) is 0 Å². The maximum atomic E-state index is 11.2. The zero-order valence-corrected chi connectivity index (χ0v) is 23.7. The lowest BCUT2D eigenvalue weighted by atomic mass is 9.89. The van der Waals surface area contributed by atoms with Gasteiger partial charge in [0, 0.05) is 39.6 Å². The highest BCUT2D eigenvalue weighted by molar-refractivity contribution is 8.11. The summed E-state index contributed by atoms with van der Waals surface area (Å²) >= 11 is 1.61. The van der Waals surface area contributed by atoms with Crippen molar-refractivity contribution in [1.29, 1.82) is 0 Å². The number of hydrogen-bond acceptors (Lipinski definition) is 7. The molecule has 206 valence electrons. The minimum absolute atomic E-state index is 0.00708. The van der Waals surface area contributed by atoms with E-state index in [0.29, 0.717) is 12.1 Å². The number of ether oxygens (including phenoxy) is 2. The highest BCUT2D eigenvalue weighted by Crippen LogP contribution is 2.28. The number of likely N-dealkylation sites (tertiary alicyclic amines) is 1. The summed E-state index contributed by atoms with van der Waals surface area (Å²) in [5, 5.41) is 11.3. The van der Waals surface area contributed by atoms with Gasteiger partial charge >= 0.3 is 5.97 Å². The number of carbonyl (C=O) groups is 2. The third kappa shape index (κ3) is 12.5. The van der Waals surface area contributed by atoms with Crippen LogP contribution in [0.15, 0.2) is 58.8 Å². The Morgan fingerprint density at radius 2 is 1.95 bits per heavy atom. The zero-order valence-electron chi connectivity index (χ0n) is 22.9. The fraction of sp³-hybridized carbons (Fsp3) is 0.536. The molecule has 2 heterocycles. The van der Waals surface area contributed by atoms with Gasteiger partial charge in [-0.3, -0.25) is 14.7 Å². The summed E-state index contributed by atoms with van der Waals surface area (Å²) in [7, 11) is 3.50. The van der Waals surface area contributed by atoms with Gasteiger partial charge in [0.15, 0.2) is 0 Å². The van der Waals surface area contributed by atoms with Crippen LogP contribution in [0.25, 0.3) is 0 Å². The van der Waals surface area contributed by atoms with Gasteiger partial charge in [-0.25, -0.2) is 4.79 Å². The lowest BCUT2D eigenvalue weighted by molar-refractivity contribution is -0.149. The lowest BCUT2D eigenvalue weighted by Crippen LogP contribution is -2.57. The summed E-state index contributed by atoms with van der Waals surface area (Å²) in [5.74, 6) is 0.211. The second kappa shape index (κ2) is 18.6. The molecule has 0 unspecified atom stereocenters. The predicted octanol–water partition coefficient (Wildman–Crippen LogP) is 4.64. The molecular formula is C28H43N3O5S. The third-order valence-corrected chi connectivity index (χ3v) is 6.35. The summed E-state index contributed by atoms with van der Waals surface area (Å²) in [5.41, 5.74) is 3.35. The quantitative estimate of drug-likeness (QED) is 0.420. The SMILES string of the molecule is CC.CN=CSC.COC1=CC(CN2CCC3(CC2)CNC(=O)CO3)=CCC1.O=C(O)c1ccccc1. The first kappa shape index (κ1) is 32.4. The minimum Gasteiger partial charge on any atom is -0.501 e. The van der Waals surface area contributed by atoms with E-state index < -0.39 is 5.97 Å². The Hall–Kier alpha value is -2.62. The number of aromatic carboxylic acids is 1. The molecule has 1 spiro atoms. The predicted molar refractivity (Wildman–Crippen MR) is 152 cm³/mol. The molecule has 2 N–H and O–H groups in total. The van der Waals surface area contributed by atoms with Gasteiger partial charge in [0.05, 0.1) is 29.6 Å². The van der Waals surface area contributed by atoms with Crippen LogP contribution in [0.3, 0.4) is 0 Å². The van der Waals surface area contributed by atoms with Crippen LogP contribution in [-0.4, -0.2) is 86.2 Å². The fourth-order valence-corrected chi connectivity index (χ4v) is 4.18. The number of morpholine rings is 1. The summed E-state index contributed by atoms with van der Waals surface area (Å²) in [6, 6.07) is 8.30. The van der Waals surface area contributed by atoms with Gasteiger partial charge < -0.3 is 19.9 Å². The average Bonchev–Trinajstić information content (AvgIpc) is 2.95. The van der Waals surface area contributed by atoms with Crippen molar-refractivity contribution in [2.24, 2.45) is 4.99 Å². The van der Waals surface area contributed by atoms with E-state index in [0.717, 1.165) is 51.1 Å².